The van der Waals surface area contributed by atoms with Crippen molar-refractivity contribution in [2.45, 2.75) is 6.42 Å². The molecule has 0 saturated carbocycles. The Hall–Kier alpha value is -3.04. The lowest BCUT2D eigenvalue weighted by Crippen LogP contribution is -2.39. The van der Waals surface area contributed by atoms with Gasteiger partial charge in [0.2, 0.25) is 11.7 Å². The van der Waals surface area contributed by atoms with Gasteiger partial charge in [0, 0.05) is 27.3 Å². The molecule has 0 fully saturated rings. The van der Waals surface area contributed by atoms with Gasteiger partial charge in [0.05, 0.1) is 17.1 Å². The van der Waals surface area contributed by atoms with Gasteiger partial charge in [-0.05, 0) is 30.0 Å². The van der Waals surface area contributed by atoms with Crippen molar-refractivity contribution in [3.8, 4) is 16.4 Å². The van der Waals surface area contributed by atoms with Crippen molar-refractivity contribution in [2.75, 3.05) is 33.9 Å². The molecule has 1 aromatic carbocycles. The minimum atomic E-state index is -0.412. The van der Waals surface area contributed by atoms with Crippen molar-refractivity contribution in [1.29, 1.82) is 0 Å². The highest BCUT2D eigenvalue weighted by Gasteiger charge is 2.23. The van der Waals surface area contributed by atoms with E-state index < -0.39 is 5.91 Å². The van der Waals surface area contributed by atoms with E-state index in [9.17, 15) is 9.59 Å². The summed E-state index contributed by atoms with van der Waals surface area (Å²) in [6, 6.07) is 13.4. The number of ether oxygens (including phenoxy) is 1. The number of amides is 2. The fourth-order valence-corrected chi connectivity index (χ4v) is 3.37. The lowest BCUT2D eigenvalue weighted by Gasteiger charge is -2.14. The first-order chi connectivity index (χ1) is 14.1. The molecular weight excluding hydrogens is 390 g/mol. The Kier molecular flexibility index (Phi) is 7.09. The van der Waals surface area contributed by atoms with E-state index in [4.69, 9.17) is 4.74 Å². The Bertz CT molecular complexity index is 940. The van der Waals surface area contributed by atoms with E-state index in [1.165, 1.54) is 16.2 Å². The van der Waals surface area contributed by atoms with E-state index in [0.29, 0.717) is 25.4 Å². The van der Waals surface area contributed by atoms with Gasteiger partial charge in [-0.25, -0.2) is 9.67 Å². The monoisotopic (exact) mass is 413 g/mol. The van der Waals surface area contributed by atoms with Gasteiger partial charge >= 0.3 is 0 Å². The number of nitrogens with one attached hydrogen (secondary N) is 1. The summed E-state index contributed by atoms with van der Waals surface area (Å²) >= 11 is 1.52. The van der Waals surface area contributed by atoms with Crippen LogP contribution in [0.4, 0.5) is 0 Å². The summed E-state index contributed by atoms with van der Waals surface area (Å²) in [7, 11) is 3.17. The van der Waals surface area contributed by atoms with Gasteiger partial charge in [0.1, 0.15) is 0 Å². The fraction of sp³-hybridized carbons (Fsp3) is 0.300. The van der Waals surface area contributed by atoms with Crippen LogP contribution in [0.15, 0.2) is 47.8 Å². The SMILES string of the molecule is COCCCNC(=O)CN(C)C(=O)c1nc(-c2cccs2)n(-c2ccccc2)n1. The minimum absolute atomic E-state index is 0.0481. The van der Waals surface area contributed by atoms with Gasteiger partial charge in [-0.15, -0.1) is 16.4 Å². The molecule has 2 heterocycles. The molecule has 0 bridgehead atoms. The van der Waals surface area contributed by atoms with Crippen LogP contribution in [0.2, 0.25) is 0 Å². The van der Waals surface area contributed by atoms with Gasteiger partial charge in [0.15, 0.2) is 5.82 Å². The molecule has 0 unspecified atom stereocenters. The Morgan fingerprint density at radius 1 is 1.21 bits per heavy atom. The number of hydrogen-bond acceptors (Lipinski definition) is 6. The van der Waals surface area contributed by atoms with Crippen LogP contribution < -0.4 is 5.32 Å². The molecule has 0 aliphatic carbocycles. The van der Waals surface area contributed by atoms with Gasteiger partial charge < -0.3 is 15.0 Å². The topological polar surface area (TPSA) is 89.4 Å². The van der Waals surface area contributed by atoms with E-state index >= 15 is 0 Å². The third-order valence-corrected chi connectivity index (χ3v) is 4.98. The summed E-state index contributed by atoms with van der Waals surface area (Å²) in [5, 5.41) is 9.13. The summed E-state index contributed by atoms with van der Waals surface area (Å²) in [5.41, 5.74) is 0.806. The predicted molar refractivity (Wildman–Crippen MR) is 111 cm³/mol. The molecule has 2 aromatic heterocycles. The number of rotatable bonds is 9. The molecule has 9 heteroatoms. The molecule has 29 heavy (non-hydrogen) atoms. The lowest BCUT2D eigenvalue weighted by atomic mass is 10.3. The summed E-state index contributed by atoms with van der Waals surface area (Å²) in [6.45, 7) is 1.000. The van der Waals surface area contributed by atoms with E-state index in [1.807, 2.05) is 47.8 Å². The number of carbonyl (C=O) groups is 2. The molecule has 8 nitrogen and oxygen atoms in total. The fourth-order valence-electron chi connectivity index (χ4n) is 2.68. The van der Waals surface area contributed by atoms with Crippen LogP contribution in [-0.2, 0) is 9.53 Å². The largest absolute Gasteiger partial charge is 0.385 e. The second kappa shape index (κ2) is 9.94. The van der Waals surface area contributed by atoms with Crippen LogP contribution in [0.25, 0.3) is 16.4 Å². The minimum Gasteiger partial charge on any atom is -0.385 e. The zero-order valence-corrected chi connectivity index (χ0v) is 17.2. The van der Waals surface area contributed by atoms with Crippen molar-refractivity contribution in [3.05, 3.63) is 53.7 Å². The van der Waals surface area contributed by atoms with E-state index in [0.717, 1.165) is 10.6 Å². The number of benzene rings is 1. The number of para-hydroxylation sites is 1. The Labute approximate surface area is 173 Å². The second-order valence-electron chi connectivity index (χ2n) is 6.34. The summed E-state index contributed by atoms with van der Waals surface area (Å²) < 4.78 is 6.60. The molecule has 3 rings (SSSR count). The summed E-state index contributed by atoms with van der Waals surface area (Å²) in [6.07, 6.45) is 0.715. The van der Waals surface area contributed by atoms with Crippen molar-refractivity contribution in [2.24, 2.45) is 0 Å². The number of aromatic nitrogens is 3. The maximum absolute atomic E-state index is 12.8. The summed E-state index contributed by atoms with van der Waals surface area (Å²) in [5.74, 6) is -0.0126. The van der Waals surface area contributed by atoms with Crippen LogP contribution in [-0.4, -0.2) is 65.3 Å². The first-order valence-corrected chi connectivity index (χ1v) is 10.1. The van der Waals surface area contributed by atoms with Crippen LogP contribution >= 0.6 is 11.3 Å². The van der Waals surface area contributed by atoms with Crippen molar-refractivity contribution >= 4 is 23.2 Å². The quantitative estimate of drug-likeness (QED) is 0.544. The Morgan fingerprint density at radius 2 is 2.00 bits per heavy atom. The lowest BCUT2D eigenvalue weighted by molar-refractivity contribution is -0.121. The second-order valence-corrected chi connectivity index (χ2v) is 7.29. The molecule has 0 aliphatic heterocycles. The molecular formula is C20H23N5O3S. The average molecular weight is 414 g/mol. The number of likely N-dealkylation sites (N-methyl/N-ethyl adjacent to an activating group) is 1. The van der Waals surface area contributed by atoms with Gasteiger partial charge in [-0.2, -0.15) is 0 Å². The molecule has 0 radical (unpaired) electrons. The smallest absolute Gasteiger partial charge is 0.293 e. The maximum Gasteiger partial charge on any atom is 0.293 e. The molecule has 0 spiro atoms. The van der Waals surface area contributed by atoms with E-state index in [2.05, 4.69) is 15.4 Å². The zero-order chi connectivity index (χ0) is 20.6. The predicted octanol–water partition coefficient (Wildman–Crippen LogP) is 2.22. The molecule has 0 saturated heterocycles. The molecule has 2 amide bonds. The Morgan fingerprint density at radius 3 is 2.69 bits per heavy atom. The molecule has 152 valence electrons. The van der Waals surface area contributed by atoms with Crippen LogP contribution in [0, 0.1) is 0 Å². The van der Waals surface area contributed by atoms with Crippen LogP contribution in [0.3, 0.4) is 0 Å². The maximum atomic E-state index is 12.8. The normalized spacial score (nSPS) is 10.7. The van der Waals surface area contributed by atoms with Crippen molar-refractivity contribution < 1.29 is 14.3 Å². The Balaban J connectivity index is 1.76. The molecule has 0 aliphatic rings. The molecule has 3 aromatic rings. The number of methoxy groups -OCH3 is 1. The van der Waals surface area contributed by atoms with Crippen LogP contribution in [0.5, 0.6) is 0 Å². The molecule has 1 N–H and O–H groups in total. The number of thiophene rings is 1. The van der Waals surface area contributed by atoms with Gasteiger partial charge in [-0.3, -0.25) is 9.59 Å². The number of carbonyl (C=O) groups excluding carboxylic acids is 2. The summed E-state index contributed by atoms with van der Waals surface area (Å²) in [4.78, 5) is 31.5. The number of nitrogens with zero attached hydrogens (tertiary/aromatic N) is 4. The third kappa shape index (κ3) is 5.27. The average Bonchev–Trinajstić information content (AvgIpc) is 3.41. The van der Waals surface area contributed by atoms with Crippen LogP contribution in [0.1, 0.15) is 17.0 Å². The van der Waals surface area contributed by atoms with E-state index in [1.54, 1.807) is 18.8 Å². The van der Waals surface area contributed by atoms with Gasteiger partial charge in [-0.1, -0.05) is 24.3 Å². The van der Waals surface area contributed by atoms with Crippen molar-refractivity contribution in [1.82, 2.24) is 25.0 Å². The first kappa shape index (κ1) is 20.7. The van der Waals surface area contributed by atoms with E-state index in [-0.39, 0.29) is 18.3 Å². The number of hydrogen-bond donors (Lipinski definition) is 1. The zero-order valence-electron chi connectivity index (χ0n) is 16.4. The first-order valence-electron chi connectivity index (χ1n) is 9.17. The highest BCUT2D eigenvalue weighted by molar-refractivity contribution is 7.13. The third-order valence-electron chi connectivity index (χ3n) is 4.12. The molecule has 0 atom stereocenters. The highest BCUT2D eigenvalue weighted by Crippen LogP contribution is 2.25. The van der Waals surface area contributed by atoms with Crippen molar-refractivity contribution in [3.63, 3.8) is 0 Å². The van der Waals surface area contributed by atoms with Gasteiger partial charge in [0.25, 0.3) is 5.91 Å². The highest BCUT2D eigenvalue weighted by atomic mass is 32.1. The standard InChI is InChI=1S/C20H23N5O3S/c1-24(14-17(26)21-11-7-12-28-2)20(27)18-22-19(16-10-6-13-29-16)25(23-18)15-8-4-3-5-9-15/h3-6,8-10,13H,7,11-12,14H2,1-2H3,(H,21,26).